The maximum Gasteiger partial charge on any atom is 0.209 e. The summed E-state index contributed by atoms with van der Waals surface area (Å²) in [5.41, 5.74) is 0. The fourth-order valence-electron chi connectivity index (χ4n) is 2.73. The van der Waals surface area contributed by atoms with E-state index in [2.05, 4.69) is 13.8 Å². The quantitative estimate of drug-likeness (QED) is 0.240. The zero-order valence-corrected chi connectivity index (χ0v) is 14.7. The van der Waals surface area contributed by atoms with E-state index in [1.165, 1.54) is 83.5 Å². The molecule has 2 heteroatoms. The van der Waals surface area contributed by atoms with E-state index < -0.39 is 0 Å². The zero-order chi connectivity index (χ0) is 15.6. The minimum Gasteiger partial charge on any atom is -0.345 e. The van der Waals surface area contributed by atoms with Gasteiger partial charge in [-0.3, -0.25) is 4.79 Å². The van der Waals surface area contributed by atoms with Crippen molar-refractivity contribution in [2.24, 2.45) is 0 Å². The van der Waals surface area contributed by atoms with Gasteiger partial charge in [0.2, 0.25) is 6.41 Å². The third-order valence-electron chi connectivity index (χ3n) is 4.25. The number of rotatable bonds is 17. The molecule has 21 heavy (non-hydrogen) atoms. The first kappa shape index (κ1) is 20.5. The average Bonchev–Trinajstić information content (AvgIpc) is 2.51. The Kier molecular flexibility index (Phi) is 17.1. The van der Waals surface area contributed by atoms with Crippen molar-refractivity contribution < 1.29 is 4.79 Å². The summed E-state index contributed by atoms with van der Waals surface area (Å²) < 4.78 is 0. The Morgan fingerprint density at radius 3 is 1.38 bits per heavy atom. The molecule has 0 rings (SSSR count). The molecule has 0 aromatic carbocycles. The highest BCUT2D eigenvalue weighted by Crippen LogP contribution is 2.12. The van der Waals surface area contributed by atoms with Crippen LogP contribution in [0.5, 0.6) is 0 Å². The lowest BCUT2D eigenvalue weighted by Crippen LogP contribution is -2.24. The molecule has 2 nitrogen and oxygen atoms in total. The van der Waals surface area contributed by atoms with Crippen LogP contribution in [-0.4, -0.2) is 24.4 Å². The van der Waals surface area contributed by atoms with Crippen LogP contribution in [0.3, 0.4) is 0 Å². The monoisotopic (exact) mass is 297 g/mol. The minimum absolute atomic E-state index is 0.942. The van der Waals surface area contributed by atoms with Gasteiger partial charge in [0, 0.05) is 13.1 Å². The fraction of sp³-hybridized carbons (Fsp3) is 0.947. The van der Waals surface area contributed by atoms with Gasteiger partial charge in [-0.1, -0.05) is 90.9 Å². The summed E-state index contributed by atoms with van der Waals surface area (Å²) in [6.07, 6.45) is 19.8. The summed E-state index contributed by atoms with van der Waals surface area (Å²) in [5.74, 6) is 0. The van der Waals surface area contributed by atoms with E-state index in [4.69, 9.17) is 0 Å². The molecule has 1 amide bonds. The molecule has 0 N–H and O–H groups in total. The molecule has 126 valence electrons. The number of unbranched alkanes of at least 4 members (excludes halogenated alkanes) is 12. The summed E-state index contributed by atoms with van der Waals surface area (Å²) in [6.45, 7) is 6.35. The fourth-order valence-corrected chi connectivity index (χ4v) is 2.73. The molecule has 0 spiro atoms. The Labute approximate surface area is 133 Å². The Morgan fingerprint density at radius 1 is 0.571 bits per heavy atom. The second-order valence-electron chi connectivity index (χ2n) is 6.38. The molecule has 0 bridgehead atoms. The smallest absolute Gasteiger partial charge is 0.209 e. The first-order valence-electron chi connectivity index (χ1n) is 9.54. The van der Waals surface area contributed by atoms with Gasteiger partial charge in [-0.05, 0) is 12.8 Å². The lowest BCUT2D eigenvalue weighted by molar-refractivity contribution is -0.118. The van der Waals surface area contributed by atoms with Gasteiger partial charge in [0.25, 0.3) is 0 Å². The van der Waals surface area contributed by atoms with Crippen LogP contribution in [-0.2, 0) is 4.79 Å². The van der Waals surface area contributed by atoms with E-state index in [1.54, 1.807) is 0 Å². The van der Waals surface area contributed by atoms with E-state index in [1.807, 2.05) is 4.90 Å². The summed E-state index contributed by atoms with van der Waals surface area (Å²) in [5, 5.41) is 0. The third kappa shape index (κ3) is 15.7. The molecule has 0 aliphatic heterocycles. The van der Waals surface area contributed by atoms with Crippen LogP contribution in [0, 0.1) is 0 Å². The van der Waals surface area contributed by atoms with Crippen LogP contribution < -0.4 is 0 Å². The predicted molar refractivity (Wildman–Crippen MR) is 93.6 cm³/mol. The second-order valence-corrected chi connectivity index (χ2v) is 6.38. The SMILES string of the molecule is CCCCCCCCCCCCCCN(C=O)CCCC. The zero-order valence-electron chi connectivity index (χ0n) is 14.7. The Hall–Kier alpha value is -0.530. The topological polar surface area (TPSA) is 20.3 Å². The largest absolute Gasteiger partial charge is 0.345 e. The Morgan fingerprint density at radius 2 is 0.952 bits per heavy atom. The van der Waals surface area contributed by atoms with Crippen molar-refractivity contribution >= 4 is 6.41 Å². The molecule has 0 atom stereocenters. The lowest BCUT2D eigenvalue weighted by atomic mass is 10.1. The number of nitrogens with zero attached hydrogens (tertiary/aromatic N) is 1. The molecule has 0 fully saturated rings. The first-order valence-corrected chi connectivity index (χ1v) is 9.54. The predicted octanol–water partition coefficient (Wildman–Crippen LogP) is 5.95. The highest BCUT2D eigenvalue weighted by atomic mass is 16.1. The Balaban J connectivity index is 3.16. The average molecular weight is 298 g/mol. The van der Waals surface area contributed by atoms with Crippen LogP contribution in [0.25, 0.3) is 0 Å². The number of carbonyl (C=O) groups excluding carboxylic acids is 1. The number of hydrogen-bond donors (Lipinski definition) is 0. The molecule has 0 aromatic heterocycles. The highest BCUT2D eigenvalue weighted by Gasteiger charge is 2.00. The van der Waals surface area contributed by atoms with Gasteiger partial charge < -0.3 is 4.90 Å². The lowest BCUT2D eigenvalue weighted by Gasteiger charge is -2.16. The van der Waals surface area contributed by atoms with Gasteiger partial charge in [0.15, 0.2) is 0 Å². The van der Waals surface area contributed by atoms with Crippen LogP contribution in [0.2, 0.25) is 0 Å². The van der Waals surface area contributed by atoms with Gasteiger partial charge in [-0.25, -0.2) is 0 Å². The molecule has 0 aliphatic rings. The molecular weight excluding hydrogens is 258 g/mol. The number of hydrogen-bond acceptors (Lipinski definition) is 1. The van der Waals surface area contributed by atoms with Crippen molar-refractivity contribution in [2.75, 3.05) is 13.1 Å². The molecule has 0 unspecified atom stereocenters. The molecular formula is C19H39NO. The van der Waals surface area contributed by atoms with Crippen LogP contribution in [0.15, 0.2) is 0 Å². The maximum absolute atomic E-state index is 10.9. The van der Waals surface area contributed by atoms with Gasteiger partial charge in [-0.2, -0.15) is 0 Å². The normalized spacial score (nSPS) is 10.8. The van der Waals surface area contributed by atoms with E-state index in [0.717, 1.165) is 25.9 Å². The van der Waals surface area contributed by atoms with E-state index in [-0.39, 0.29) is 0 Å². The minimum atomic E-state index is 0.942. The molecule has 0 radical (unpaired) electrons. The Bertz CT molecular complexity index is 206. The number of amides is 1. The van der Waals surface area contributed by atoms with Crippen molar-refractivity contribution in [3.05, 3.63) is 0 Å². The highest BCUT2D eigenvalue weighted by molar-refractivity contribution is 5.46. The van der Waals surface area contributed by atoms with Crippen LogP contribution in [0.1, 0.15) is 104 Å². The summed E-state index contributed by atoms with van der Waals surface area (Å²) in [7, 11) is 0. The third-order valence-corrected chi connectivity index (χ3v) is 4.25. The molecule has 0 aliphatic carbocycles. The van der Waals surface area contributed by atoms with Crippen molar-refractivity contribution in [1.29, 1.82) is 0 Å². The number of carbonyl (C=O) groups is 1. The summed E-state index contributed by atoms with van der Waals surface area (Å²) in [4.78, 5) is 12.8. The van der Waals surface area contributed by atoms with Crippen molar-refractivity contribution in [3.8, 4) is 0 Å². The van der Waals surface area contributed by atoms with Gasteiger partial charge in [-0.15, -0.1) is 0 Å². The van der Waals surface area contributed by atoms with Crippen molar-refractivity contribution in [3.63, 3.8) is 0 Å². The van der Waals surface area contributed by atoms with E-state index in [0.29, 0.717) is 0 Å². The van der Waals surface area contributed by atoms with Gasteiger partial charge in [0.1, 0.15) is 0 Å². The summed E-state index contributed by atoms with van der Waals surface area (Å²) >= 11 is 0. The van der Waals surface area contributed by atoms with Crippen LogP contribution in [0.4, 0.5) is 0 Å². The maximum atomic E-state index is 10.9. The molecule has 0 saturated carbocycles. The van der Waals surface area contributed by atoms with Crippen LogP contribution >= 0.6 is 0 Å². The van der Waals surface area contributed by atoms with Crippen molar-refractivity contribution in [1.82, 2.24) is 4.90 Å². The van der Waals surface area contributed by atoms with Gasteiger partial charge >= 0.3 is 0 Å². The van der Waals surface area contributed by atoms with Crippen molar-refractivity contribution in [2.45, 2.75) is 104 Å². The van der Waals surface area contributed by atoms with E-state index >= 15 is 0 Å². The molecule has 0 saturated heterocycles. The molecule has 0 heterocycles. The molecule has 0 aromatic rings. The van der Waals surface area contributed by atoms with Gasteiger partial charge in [0.05, 0.1) is 0 Å². The second kappa shape index (κ2) is 17.5. The van der Waals surface area contributed by atoms with E-state index in [9.17, 15) is 4.79 Å². The standard InChI is InChI=1S/C19H39NO/c1-3-5-7-8-9-10-11-12-13-14-15-16-18-20(19-21)17-6-4-2/h19H,3-18H2,1-2H3. The first-order chi connectivity index (χ1) is 10.3. The summed E-state index contributed by atoms with van der Waals surface area (Å²) in [6, 6.07) is 0.